The van der Waals surface area contributed by atoms with Crippen molar-refractivity contribution in [2.75, 3.05) is 6.54 Å². The molecule has 3 rings (SSSR count). The van der Waals surface area contributed by atoms with E-state index in [1.165, 1.54) is 0 Å². The van der Waals surface area contributed by atoms with Crippen molar-refractivity contribution in [1.29, 1.82) is 0 Å². The van der Waals surface area contributed by atoms with E-state index in [1.54, 1.807) is 47.6 Å². The Hall–Kier alpha value is -3.28. The molecule has 6 nitrogen and oxygen atoms in total. The summed E-state index contributed by atoms with van der Waals surface area (Å²) in [5.41, 5.74) is 1.80. The number of hydrogen-bond acceptors (Lipinski definition) is 4. The molecule has 0 saturated heterocycles. The number of rotatable bonds is 6. The average molecular weight is 376 g/mol. The molecule has 0 saturated carbocycles. The molecular formula is C22H24N4O2. The third-order valence-corrected chi connectivity index (χ3v) is 4.62. The number of likely N-dealkylation sites (N-methyl/N-ethyl adjacent to an activating group) is 1. The summed E-state index contributed by atoms with van der Waals surface area (Å²) in [7, 11) is 0. The molecule has 0 radical (unpaired) electrons. The highest BCUT2D eigenvalue weighted by molar-refractivity contribution is 6.00. The van der Waals surface area contributed by atoms with Crippen molar-refractivity contribution in [3.05, 3.63) is 72.2 Å². The van der Waals surface area contributed by atoms with E-state index >= 15 is 0 Å². The summed E-state index contributed by atoms with van der Waals surface area (Å²) in [4.78, 5) is 36.4. The predicted octanol–water partition coefficient (Wildman–Crippen LogP) is 3.36. The minimum atomic E-state index is -0.847. The predicted molar refractivity (Wildman–Crippen MR) is 109 cm³/mol. The number of nitrogens with zero attached hydrogens (tertiary/aromatic N) is 3. The number of amides is 2. The van der Waals surface area contributed by atoms with Crippen LogP contribution >= 0.6 is 0 Å². The molecule has 2 heterocycles. The zero-order valence-electron chi connectivity index (χ0n) is 16.3. The van der Waals surface area contributed by atoms with E-state index in [0.717, 1.165) is 10.9 Å². The van der Waals surface area contributed by atoms with Crippen LogP contribution in [0.1, 0.15) is 42.9 Å². The Morgan fingerprint density at radius 3 is 2.50 bits per heavy atom. The standard InChI is InChI=1S/C22H24N4O2/c1-4-26(15(2)3)22(28)20(19-9-5-6-12-24-19)25-21(27)17-10-11-18-16(14-17)8-7-13-23-18/h5-15,20H,4H2,1-3H3,(H,25,27). The number of aromatic nitrogens is 2. The van der Waals surface area contributed by atoms with E-state index in [4.69, 9.17) is 0 Å². The Kier molecular flexibility index (Phi) is 5.99. The molecule has 6 heteroatoms. The lowest BCUT2D eigenvalue weighted by Gasteiger charge is -2.29. The van der Waals surface area contributed by atoms with E-state index in [1.807, 2.05) is 39.0 Å². The Morgan fingerprint density at radius 2 is 1.82 bits per heavy atom. The number of fused-ring (bicyclic) bond motifs is 1. The number of nitrogens with one attached hydrogen (secondary N) is 1. The Labute approximate surface area is 164 Å². The minimum Gasteiger partial charge on any atom is -0.338 e. The van der Waals surface area contributed by atoms with Crippen LogP contribution in [0, 0.1) is 0 Å². The lowest BCUT2D eigenvalue weighted by atomic mass is 10.1. The third-order valence-electron chi connectivity index (χ3n) is 4.62. The van der Waals surface area contributed by atoms with Gasteiger partial charge in [0.15, 0.2) is 6.04 Å². The smallest absolute Gasteiger partial charge is 0.252 e. The summed E-state index contributed by atoms with van der Waals surface area (Å²) in [6.07, 6.45) is 3.33. The molecule has 144 valence electrons. The van der Waals surface area contributed by atoms with Crippen LogP contribution in [0.5, 0.6) is 0 Å². The van der Waals surface area contributed by atoms with Crippen LogP contribution in [0.15, 0.2) is 60.9 Å². The molecule has 0 aliphatic heterocycles. The zero-order chi connectivity index (χ0) is 20.1. The first kappa shape index (κ1) is 19.5. The molecule has 0 spiro atoms. The van der Waals surface area contributed by atoms with E-state index in [-0.39, 0.29) is 17.9 Å². The van der Waals surface area contributed by atoms with E-state index in [0.29, 0.717) is 17.8 Å². The lowest BCUT2D eigenvalue weighted by molar-refractivity contribution is -0.135. The van der Waals surface area contributed by atoms with Crippen LogP contribution in [0.25, 0.3) is 10.9 Å². The maximum atomic E-state index is 13.2. The first-order valence-electron chi connectivity index (χ1n) is 9.38. The fourth-order valence-corrected chi connectivity index (χ4v) is 3.18. The molecule has 0 fully saturated rings. The van der Waals surface area contributed by atoms with Crippen molar-refractivity contribution in [3.63, 3.8) is 0 Å². The van der Waals surface area contributed by atoms with Gasteiger partial charge in [0.25, 0.3) is 11.8 Å². The maximum absolute atomic E-state index is 13.2. The van der Waals surface area contributed by atoms with E-state index in [9.17, 15) is 9.59 Å². The van der Waals surface area contributed by atoms with Gasteiger partial charge in [0.05, 0.1) is 11.2 Å². The second-order valence-electron chi connectivity index (χ2n) is 6.79. The molecule has 2 aromatic heterocycles. The summed E-state index contributed by atoms with van der Waals surface area (Å²) in [6, 6.07) is 13.5. The first-order valence-corrected chi connectivity index (χ1v) is 9.38. The molecule has 1 N–H and O–H groups in total. The Bertz CT molecular complexity index is 972. The van der Waals surface area contributed by atoms with Crippen LogP contribution in [-0.4, -0.2) is 39.3 Å². The summed E-state index contributed by atoms with van der Waals surface area (Å²) < 4.78 is 0. The first-order chi connectivity index (χ1) is 13.5. The summed E-state index contributed by atoms with van der Waals surface area (Å²) in [6.45, 7) is 6.38. The molecule has 28 heavy (non-hydrogen) atoms. The van der Waals surface area contributed by atoms with Crippen molar-refractivity contribution in [2.24, 2.45) is 0 Å². The van der Waals surface area contributed by atoms with Gasteiger partial charge >= 0.3 is 0 Å². The van der Waals surface area contributed by atoms with Crippen molar-refractivity contribution in [3.8, 4) is 0 Å². The Balaban J connectivity index is 1.91. The molecule has 0 aliphatic carbocycles. The van der Waals surface area contributed by atoms with Gasteiger partial charge in [0, 0.05) is 35.9 Å². The highest BCUT2D eigenvalue weighted by Crippen LogP contribution is 2.18. The van der Waals surface area contributed by atoms with Crippen LogP contribution in [0.4, 0.5) is 0 Å². The number of carbonyl (C=O) groups is 2. The highest BCUT2D eigenvalue weighted by atomic mass is 16.2. The third kappa shape index (κ3) is 4.17. The van der Waals surface area contributed by atoms with Gasteiger partial charge < -0.3 is 10.2 Å². The van der Waals surface area contributed by atoms with Gasteiger partial charge in [-0.25, -0.2) is 0 Å². The molecule has 1 atom stereocenters. The van der Waals surface area contributed by atoms with Crippen LogP contribution in [0.3, 0.4) is 0 Å². The quantitative estimate of drug-likeness (QED) is 0.716. The maximum Gasteiger partial charge on any atom is 0.252 e. The largest absolute Gasteiger partial charge is 0.338 e. The topological polar surface area (TPSA) is 75.2 Å². The molecular weight excluding hydrogens is 352 g/mol. The minimum absolute atomic E-state index is 0.0207. The van der Waals surface area contributed by atoms with Crippen LogP contribution < -0.4 is 5.32 Å². The number of carbonyl (C=O) groups excluding carboxylic acids is 2. The van der Waals surface area contributed by atoms with Crippen LogP contribution in [0.2, 0.25) is 0 Å². The van der Waals surface area contributed by atoms with Crippen molar-refractivity contribution in [1.82, 2.24) is 20.2 Å². The second-order valence-corrected chi connectivity index (χ2v) is 6.79. The van der Waals surface area contributed by atoms with Gasteiger partial charge in [-0.2, -0.15) is 0 Å². The fourth-order valence-electron chi connectivity index (χ4n) is 3.18. The van der Waals surface area contributed by atoms with Gasteiger partial charge in [-0.05, 0) is 57.2 Å². The molecule has 3 aromatic rings. The van der Waals surface area contributed by atoms with E-state index < -0.39 is 6.04 Å². The SMILES string of the molecule is CCN(C(=O)C(NC(=O)c1ccc2ncccc2c1)c1ccccn1)C(C)C. The highest BCUT2D eigenvalue weighted by Gasteiger charge is 2.29. The lowest BCUT2D eigenvalue weighted by Crippen LogP contribution is -2.46. The number of benzene rings is 1. The van der Waals surface area contributed by atoms with Gasteiger partial charge in [-0.1, -0.05) is 12.1 Å². The van der Waals surface area contributed by atoms with Crippen molar-refractivity contribution >= 4 is 22.7 Å². The molecule has 0 aliphatic rings. The van der Waals surface area contributed by atoms with Gasteiger partial charge in [-0.15, -0.1) is 0 Å². The molecule has 1 unspecified atom stereocenters. The zero-order valence-corrected chi connectivity index (χ0v) is 16.3. The average Bonchev–Trinajstić information content (AvgIpc) is 2.72. The summed E-state index contributed by atoms with van der Waals surface area (Å²) in [5, 5.41) is 3.74. The summed E-state index contributed by atoms with van der Waals surface area (Å²) >= 11 is 0. The normalized spacial score (nSPS) is 12.0. The van der Waals surface area contributed by atoms with Gasteiger partial charge in [0.1, 0.15) is 0 Å². The van der Waals surface area contributed by atoms with Crippen molar-refractivity contribution < 1.29 is 9.59 Å². The van der Waals surface area contributed by atoms with Gasteiger partial charge in [0.2, 0.25) is 0 Å². The monoisotopic (exact) mass is 376 g/mol. The molecule has 1 aromatic carbocycles. The molecule has 2 amide bonds. The van der Waals surface area contributed by atoms with Crippen molar-refractivity contribution in [2.45, 2.75) is 32.9 Å². The molecule has 0 bridgehead atoms. The Morgan fingerprint density at radius 1 is 1.04 bits per heavy atom. The van der Waals surface area contributed by atoms with Crippen LogP contribution in [-0.2, 0) is 4.79 Å². The fraction of sp³-hybridized carbons (Fsp3) is 0.273. The van der Waals surface area contributed by atoms with E-state index in [2.05, 4.69) is 15.3 Å². The second kappa shape index (κ2) is 8.61. The van der Waals surface area contributed by atoms with Gasteiger partial charge in [-0.3, -0.25) is 19.6 Å². The summed E-state index contributed by atoms with van der Waals surface area (Å²) in [5.74, 6) is -0.499. The number of pyridine rings is 2. The number of hydrogen-bond donors (Lipinski definition) is 1.